The molecule has 1 aliphatic rings. The Labute approximate surface area is 202 Å². The smallest absolute Gasteiger partial charge is 0.416 e. The molecule has 0 bridgehead atoms. The Hall–Kier alpha value is -3.84. The number of hydrogen-bond acceptors (Lipinski definition) is 5. The van der Waals surface area contributed by atoms with Crippen LogP contribution in [0.25, 0.3) is 17.3 Å². The first-order valence-electron chi connectivity index (χ1n) is 10.7. The highest BCUT2D eigenvalue weighted by atomic mass is 32.1. The Morgan fingerprint density at radius 3 is 2.37 bits per heavy atom. The fourth-order valence-electron chi connectivity index (χ4n) is 3.87. The zero-order chi connectivity index (χ0) is 25.2. The Bertz CT molecular complexity index is 1480. The number of rotatable bonds is 4. The molecule has 1 saturated heterocycles. The van der Waals surface area contributed by atoms with Crippen molar-refractivity contribution in [2.75, 3.05) is 20.2 Å². The number of amides is 1. The molecular formula is C25H20F3N3O3S. The Morgan fingerprint density at radius 1 is 1.11 bits per heavy atom. The molecule has 10 heteroatoms. The van der Waals surface area contributed by atoms with Crippen molar-refractivity contribution in [3.63, 3.8) is 0 Å². The van der Waals surface area contributed by atoms with Gasteiger partial charge in [-0.1, -0.05) is 24.3 Å². The molecule has 1 aliphatic heterocycles. The molecule has 4 rings (SSSR count). The summed E-state index contributed by atoms with van der Waals surface area (Å²) < 4.78 is 45.7. The minimum atomic E-state index is -4.47. The molecule has 1 aromatic heterocycles. The normalized spacial score (nSPS) is 15.2. The first-order valence-corrected chi connectivity index (χ1v) is 11.5. The molecule has 0 aliphatic carbocycles. The third-order valence-electron chi connectivity index (χ3n) is 5.62. The number of alkyl halides is 3. The van der Waals surface area contributed by atoms with Gasteiger partial charge in [0.1, 0.15) is 16.5 Å². The average Bonchev–Trinajstić information content (AvgIpc) is 3.48. The number of hydrogen-bond donors (Lipinski definition) is 0. The summed E-state index contributed by atoms with van der Waals surface area (Å²) in [5, 5.41) is 9.91. The van der Waals surface area contributed by atoms with Crippen molar-refractivity contribution in [2.45, 2.75) is 19.0 Å². The van der Waals surface area contributed by atoms with Gasteiger partial charge in [0.15, 0.2) is 5.57 Å². The van der Waals surface area contributed by atoms with Crippen LogP contribution in [0.5, 0.6) is 5.75 Å². The molecule has 0 spiro atoms. The minimum Gasteiger partial charge on any atom is -0.495 e. The van der Waals surface area contributed by atoms with Crippen molar-refractivity contribution in [2.24, 2.45) is 0 Å². The molecule has 2 heterocycles. The van der Waals surface area contributed by atoms with Gasteiger partial charge in [0.25, 0.3) is 11.5 Å². The Morgan fingerprint density at radius 2 is 1.77 bits per heavy atom. The van der Waals surface area contributed by atoms with Crippen molar-refractivity contribution in [1.82, 2.24) is 9.47 Å². The van der Waals surface area contributed by atoms with Gasteiger partial charge in [-0.25, -0.2) is 0 Å². The SMILES string of the molecule is COc1ccccc1-n1c(=O)/c(=C\c2ccc(C(F)(F)F)cc2)s/c1=C(/C#N)C(=O)N1CCCC1. The second-order valence-electron chi connectivity index (χ2n) is 7.83. The predicted molar refractivity (Wildman–Crippen MR) is 126 cm³/mol. The number of carbonyl (C=O) groups is 1. The lowest BCUT2D eigenvalue weighted by atomic mass is 10.1. The monoisotopic (exact) mass is 499 g/mol. The molecule has 0 unspecified atom stereocenters. The van der Waals surface area contributed by atoms with Crippen LogP contribution in [0.3, 0.4) is 0 Å². The van der Waals surface area contributed by atoms with Crippen LogP contribution in [-0.4, -0.2) is 35.6 Å². The number of nitrogens with zero attached hydrogens (tertiary/aromatic N) is 3. The standard InChI is InChI=1S/C25H20F3N3O3S/c1-34-20-7-3-2-6-19(20)31-23(33)21(14-16-8-10-17(11-9-16)25(26,27)28)35-24(31)18(15-29)22(32)30-12-4-5-13-30/h2-3,6-11,14H,4-5,12-13H2,1H3/b21-14+,24-18-. The Kier molecular flexibility index (Phi) is 6.80. The molecule has 0 radical (unpaired) electrons. The van der Waals surface area contributed by atoms with Gasteiger partial charge >= 0.3 is 6.18 Å². The first-order chi connectivity index (χ1) is 16.7. The number of halogens is 3. The van der Waals surface area contributed by atoms with E-state index in [-0.39, 0.29) is 14.8 Å². The number of thiazole rings is 1. The average molecular weight is 500 g/mol. The molecule has 0 saturated carbocycles. The topological polar surface area (TPSA) is 75.3 Å². The summed E-state index contributed by atoms with van der Waals surface area (Å²) in [5.74, 6) is -0.100. The van der Waals surface area contributed by atoms with Crippen LogP contribution in [-0.2, 0) is 11.0 Å². The van der Waals surface area contributed by atoms with E-state index in [0.717, 1.165) is 36.3 Å². The number of carbonyl (C=O) groups excluding carboxylic acids is 1. The Balaban J connectivity index is 1.98. The third kappa shape index (κ3) is 4.86. The largest absolute Gasteiger partial charge is 0.495 e. The number of ether oxygens (including phenoxy) is 1. The molecule has 0 N–H and O–H groups in total. The summed E-state index contributed by atoms with van der Waals surface area (Å²) in [7, 11) is 1.44. The second-order valence-corrected chi connectivity index (χ2v) is 8.86. The first kappa shape index (κ1) is 24.3. The van der Waals surface area contributed by atoms with Crippen LogP contribution in [0.1, 0.15) is 24.0 Å². The summed E-state index contributed by atoms with van der Waals surface area (Å²) in [5.41, 5.74) is -0.771. The third-order valence-corrected chi connectivity index (χ3v) is 6.71. The van der Waals surface area contributed by atoms with E-state index in [2.05, 4.69) is 0 Å². The molecule has 1 fully saturated rings. The van der Waals surface area contributed by atoms with Crippen LogP contribution in [0.4, 0.5) is 13.2 Å². The van der Waals surface area contributed by atoms with E-state index in [0.29, 0.717) is 30.1 Å². The predicted octanol–water partition coefficient (Wildman–Crippen LogP) is 3.05. The lowest BCUT2D eigenvalue weighted by molar-refractivity contribution is -0.137. The zero-order valence-corrected chi connectivity index (χ0v) is 19.4. The lowest BCUT2D eigenvalue weighted by Crippen LogP contribution is -2.35. The van der Waals surface area contributed by atoms with Gasteiger partial charge in [-0.2, -0.15) is 18.4 Å². The molecule has 180 valence electrons. The van der Waals surface area contributed by atoms with E-state index in [1.165, 1.54) is 29.9 Å². The number of para-hydroxylation sites is 2. The maximum atomic E-state index is 13.5. The summed E-state index contributed by atoms with van der Waals surface area (Å²) in [6.45, 7) is 1.05. The number of aromatic nitrogens is 1. The van der Waals surface area contributed by atoms with Gasteiger partial charge < -0.3 is 9.64 Å². The summed E-state index contributed by atoms with van der Waals surface area (Å²) in [4.78, 5) is 28.2. The van der Waals surface area contributed by atoms with Crippen LogP contribution < -0.4 is 19.5 Å². The molecular weight excluding hydrogens is 479 g/mol. The van der Waals surface area contributed by atoms with Crippen LogP contribution in [0, 0.1) is 11.3 Å². The maximum Gasteiger partial charge on any atom is 0.416 e. The maximum absolute atomic E-state index is 13.5. The van der Waals surface area contributed by atoms with Crippen molar-refractivity contribution in [3.05, 3.63) is 79.2 Å². The fourth-order valence-corrected chi connectivity index (χ4v) is 4.96. The van der Waals surface area contributed by atoms with Crippen LogP contribution in [0.2, 0.25) is 0 Å². The quantitative estimate of drug-likeness (QED) is 0.553. The van der Waals surface area contributed by atoms with Crippen LogP contribution in [0.15, 0.2) is 53.3 Å². The molecule has 1 amide bonds. The molecule has 3 aromatic rings. The van der Waals surface area contributed by atoms with E-state index in [4.69, 9.17) is 4.74 Å². The molecule has 2 aromatic carbocycles. The highest BCUT2D eigenvalue weighted by Gasteiger charge is 2.30. The molecule has 0 atom stereocenters. The van der Waals surface area contributed by atoms with E-state index in [1.807, 2.05) is 6.07 Å². The number of likely N-dealkylation sites (tertiary alicyclic amines) is 1. The summed E-state index contributed by atoms with van der Waals surface area (Å²) >= 11 is 0.935. The number of nitriles is 1. The molecule has 35 heavy (non-hydrogen) atoms. The zero-order valence-electron chi connectivity index (χ0n) is 18.6. The molecule has 6 nitrogen and oxygen atoms in total. The number of methoxy groups -OCH3 is 1. The van der Waals surface area contributed by atoms with Crippen molar-refractivity contribution >= 4 is 28.9 Å². The van der Waals surface area contributed by atoms with Gasteiger partial charge in [0.2, 0.25) is 0 Å². The van der Waals surface area contributed by atoms with Gasteiger partial charge in [-0.3, -0.25) is 14.2 Å². The second kappa shape index (κ2) is 9.80. The van der Waals surface area contributed by atoms with E-state index in [9.17, 15) is 28.0 Å². The van der Waals surface area contributed by atoms with Gasteiger partial charge in [0, 0.05) is 13.1 Å². The van der Waals surface area contributed by atoms with Gasteiger partial charge in [0.05, 0.1) is 22.9 Å². The fraction of sp³-hybridized carbons (Fsp3) is 0.240. The highest BCUT2D eigenvalue weighted by Crippen LogP contribution is 2.29. The van der Waals surface area contributed by atoms with Gasteiger partial charge in [-0.15, -0.1) is 11.3 Å². The van der Waals surface area contributed by atoms with E-state index >= 15 is 0 Å². The van der Waals surface area contributed by atoms with Crippen LogP contribution >= 0.6 is 11.3 Å². The van der Waals surface area contributed by atoms with E-state index < -0.39 is 23.2 Å². The van der Waals surface area contributed by atoms with Crippen molar-refractivity contribution in [3.8, 4) is 17.5 Å². The summed E-state index contributed by atoms with van der Waals surface area (Å²) in [6, 6.07) is 13.1. The van der Waals surface area contributed by atoms with E-state index in [1.54, 1.807) is 29.2 Å². The van der Waals surface area contributed by atoms with Crippen molar-refractivity contribution in [1.29, 1.82) is 5.26 Å². The lowest BCUT2D eigenvalue weighted by Gasteiger charge is -2.14. The minimum absolute atomic E-state index is 0.136. The number of benzene rings is 2. The van der Waals surface area contributed by atoms with Gasteiger partial charge in [-0.05, 0) is 48.7 Å². The highest BCUT2D eigenvalue weighted by molar-refractivity contribution is 7.07. The van der Waals surface area contributed by atoms with Crippen molar-refractivity contribution < 1.29 is 22.7 Å². The summed E-state index contributed by atoms with van der Waals surface area (Å²) in [6.07, 6.45) is -1.36.